The number of carbonyl (C=O) groups is 1. The molecule has 0 saturated heterocycles. The second-order valence-corrected chi connectivity index (χ2v) is 7.82. The molecule has 3 aliphatic rings. The minimum atomic E-state index is -0.213. The summed E-state index contributed by atoms with van der Waals surface area (Å²) in [7, 11) is 0. The molecule has 2 bridgehead atoms. The highest BCUT2D eigenvalue weighted by Gasteiger charge is 2.50. The number of hydrogen-bond acceptors (Lipinski definition) is 3. The van der Waals surface area contributed by atoms with Crippen LogP contribution >= 0.6 is 0 Å². The Balaban J connectivity index is 1.72. The maximum absolute atomic E-state index is 12.6. The first-order chi connectivity index (χ1) is 10.4. The Morgan fingerprint density at radius 3 is 2.14 bits per heavy atom. The molecule has 2 N–H and O–H groups in total. The van der Waals surface area contributed by atoms with Crippen molar-refractivity contribution in [2.75, 3.05) is 0 Å². The molecule has 0 aliphatic heterocycles. The predicted molar refractivity (Wildman–Crippen MR) is 86.1 cm³/mol. The van der Waals surface area contributed by atoms with Crippen molar-refractivity contribution in [2.45, 2.75) is 58.8 Å². The van der Waals surface area contributed by atoms with Gasteiger partial charge < -0.3 is 10.2 Å². The Hall–Kier alpha value is -1.51. The average Bonchev–Trinajstić information content (AvgIpc) is 2.51. The van der Waals surface area contributed by atoms with E-state index in [4.69, 9.17) is 0 Å². The van der Waals surface area contributed by atoms with E-state index < -0.39 is 0 Å². The van der Waals surface area contributed by atoms with Gasteiger partial charge in [0, 0.05) is 12.0 Å². The molecule has 0 amide bonds. The highest BCUT2D eigenvalue weighted by molar-refractivity contribution is 5.97. The number of carbonyl (C=O) groups excluding carboxylic acids is 1. The minimum absolute atomic E-state index is 0.0919. The molecule has 0 aromatic heterocycles. The number of hydrogen-bond donors (Lipinski definition) is 2. The first-order valence-electron chi connectivity index (χ1n) is 8.41. The third-order valence-electron chi connectivity index (χ3n) is 6.52. The highest BCUT2D eigenvalue weighted by Crippen LogP contribution is 2.61. The molecular formula is C19H26O3. The Labute approximate surface area is 132 Å². The Bertz CT molecular complexity index is 564. The molecule has 3 saturated carbocycles. The van der Waals surface area contributed by atoms with Gasteiger partial charge in [0.05, 0.1) is 0 Å². The Morgan fingerprint density at radius 2 is 1.64 bits per heavy atom. The van der Waals surface area contributed by atoms with Gasteiger partial charge in [0.2, 0.25) is 0 Å². The van der Waals surface area contributed by atoms with Gasteiger partial charge in [0.15, 0.2) is 17.3 Å². The van der Waals surface area contributed by atoms with E-state index in [1.54, 1.807) is 6.07 Å². The van der Waals surface area contributed by atoms with Crippen LogP contribution in [0.1, 0.15) is 69.2 Å². The van der Waals surface area contributed by atoms with Gasteiger partial charge in [-0.3, -0.25) is 4.79 Å². The molecule has 3 heteroatoms. The fourth-order valence-corrected chi connectivity index (χ4v) is 4.56. The van der Waals surface area contributed by atoms with Crippen molar-refractivity contribution in [2.24, 2.45) is 16.7 Å². The maximum atomic E-state index is 12.6. The lowest BCUT2D eigenvalue weighted by molar-refractivity contribution is -0.0386. The van der Waals surface area contributed by atoms with E-state index >= 15 is 0 Å². The van der Waals surface area contributed by atoms with Crippen molar-refractivity contribution in [3.63, 3.8) is 0 Å². The van der Waals surface area contributed by atoms with Crippen LogP contribution in [0.4, 0.5) is 0 Å². The van der Waals surface area contributed by atoms with Crippen molar-refractivity contribution < 1.29 is 15.0 Å². The molecule has 0 atom stereocenters. The summed E-state index contributed by atoms with van der Waals surface area (Å²) in [6, 6.07) is 4.39. The van der Waals surface area contributed by atoms with Gasteiger partial charge in [-0.1, -0.05) is 13.8 Å². The average molecular weight is 302 g/mol. The molecular weight excluding hydrogens is 276 g/mol. The smallest absolute Gasteiger partial charge is 0.163 e. The zero-order chi connectivity index (χ0) is 16.0. The molecule has 0 radical (unpaired) electrons. The second kappa shape index (κ2) is 5.29. The largest absolute Gasteiger partial charge is 0.504 e. The lowest BCUT2D eigenvalue weighted by atomic mass is 9.49. The summed E-state index contributed by atoms with van der Waals surface area (Å²) in [6.07, 6.45) is 7.78. The third kappa shape index (κ3) is 2.51. The van der Waals surface area contributed by atoms with E-state index in [1.165, 1.54) is 31.4 Å². The van der Waals surface area contributed by atoms with Crippen LogP contribution < -0.4 is 0 Å². The van der Waals surface area contributed by atoms with Crippen LogP contribution in [0.15, 0.2) is 18.2 Å². The van der Waals surface area contributed by atoms with E-state index in [9.17, 15) is 15.0 Å². The number of ketones is 1. The van der Waals surface area contributed by atoms with Gasteiger partial charge in [-0.15, -0.1) is 0 Å². The van der Waals surface area contributed by atoms with E-state index in [2.05, 4.69) is 13.8 Å². The SMILES string of the molecule is CC(C)C12CCC(CC(=O)c3ccc(O)c(O)c3)(CC1)CC2. The molecule has 0 heterocycles. The van der Waals surface area contributed by atoms with E-state index in [0.29, 0.717) is 17.4 Å². The zero-order valence-corrected chi connectivity index (χ0v) is 13.6. The van der Waals surface area contributed by atoms with Crippen molar-refractivity contribution in [3.05, 3.63) is 23.8 Å². The van der Waals surface area contributed by atoms with Crippen LogP contribution in [0, 0.1) is 16.7 Å². The highest BCUT2D eigenvalue weighted by atomic mass is 16.3. The van der Waals surface area contributed by atoms with Crippen molar-refractivity contribution in [1.29, 1.82) is 0 Å². The zero-order valence-electron chi connectivity index (χ0n) is 13.6. The number of benzene rings is 1. The third-order valence-corrected chi connectivity index (χ3v) is 6.52. The summed E-state index contributed by atoms with van der Waals surface area (Å²) in [6.45, 7) is 4.67. The van der Waals surface area contributed by atoms with Gasteiger partial charge in [-0.25, -0.2) is 0 Å². The molecule has 4 rings (SSSR count). The summed E-state index contributed by atoms with van der Waals surface area (Å²) < 4.78 is 0. The molecule has 0 unspecified atom stereocenters. The topological polar surface area (TPSA) is 57.5 Å². The molecule has 1 aromatic carbocycles. The molecule has 120 valence electrons. The Morgan fingerprint density at radius 1 is 1.05 bits per heavy atom. The molecule has 3 fully saturated rings. The molecule has 3 aliphatic carbocycles. The van der Waals surface area contributed by atoms with Crippen molar-refractivity contribution >= 4 is 5.78 Å². The molecule has 3 nitrogen and oxygen atoms in total. The van der Waals surface area contributed by atoms with Crippen LogP contribution in [0.5, 0.6) is 11.5 Å². The lowest BCUT2D eigenvalue weighted by Gasteiger charge is -2.55. The summed E-state index contributed by atoms with van der Waals surface area (Å²) >= 11 is 0. The van der Waals surface area contributed by atoms with Gasteiger partial charge in [0.25, 0.3) is 0 Å². The number of phenols is 2. The van der Waals surface area contributed by atoms with Gasteiger partial charge in [-0.05, 0) is 73.5 Å². The number of aromatic hydroxyl groups is 2. The van der Waals surface area contributed by atoms with Crippen LogP contribution in [0.2, 0.25) is 0 Å². The number of phenolic OH excluding ortho intramolecular Hbond substituents is 2. The maximum Gasteiger partial charge on any atom is 0.163 e. The molecule has 0 spiro atoms. The lowest BCUT2D eigenvalue weighted by Crippen LogP contribution is -2.45. The first-order valence-corrected chi connectivity index (χ1v) is 8.41. The van der Waals surface area contributed by atoms with E-state index in [1.807, 2.05) is 0 Å². The van der Waals surface area contributed by atoms with E-state index in [-0.39, 0.29) is 22.7 Å². The number of fused-ring (bicyclic) bond motifs is 3. The quantitative estimate of drug-likeness (QED) is 0.628. The normalized spacial score (nSPS) is 30.7. The summed E-state index contributed by atoms with van der Waals surface area (Å²) in [5.74, 6) is 0.436. The van der Waals surface area contributed by atoms with Crippen molar-refractivity contribution in [3.8, 4) is 11.5 Å². The fourth-order valence-electron chi connectivity index (χ4n) is 4.56. The van der Waals surface area contributed by atoms with Crippen LogP contribution in [-0.4, -0.2) is 16.0 Å². The van der Waals surface area contributed by atoms with Crippen LogP contribution in [0.25, 0.3) is 0 Å². The van der Waals surface area contributed by atoms with Gasteiger partial charge in [-0.2, -0.15) is 0 Å². The second-order valence-electron chi connectivity index (χ2n) is 7.82. The van der Waals surface area contributed by atoms with Crippen LogP contribution in [-0.2, 0) is 0 Å². The standard InChI is InChI=1S/C19H26O3/c1-13(2)19-8-5-18(6-9-19,7-10-19)12-17(22)14-3-4-15(20)16(21)11-14/h3-4,11,13,20-21H,5-10,12H2,1-2H3. The first kappa shape index (κ1) is 15.4. The fraction of sp³-hybridized carbons (Fsp3) is 0.632. The molecule has 22 heavy (non-hydrogen) atoms. The Kier molecular flexibility index (Phi) is 3.70. The summed E-state index contributed by atoms with van der Waals surface area (Å²) in [4.78, 5) is 12.6. The monoisotopic (exact) mass is 302 g/mol. The summed E-state index contributed by atoms with van der Waals surface area (Å²) in [5.41, 5.74) is 1.19. The minimum Gasteiger partial charge on any atom is -0.504 e. The predicted octanol–water partition coefficient (Wildman–Crippen LogP) is 4.67. The number of rotatable bonds is 4. The molecule has 1 aromatic rings. The number of Topliss-reactive ketones (excluding diaryl/α,β-unsaturated/α-hetero) is 1. The van der Waals surface area contributed by atoms with Gasteiger partial charge >= 0.3 is 0 Å². The van der Waals surface area contributed by atoms with Crippen molar-refractivity contribution in [1.82, 2.24) is 0 Å². The van der Waals surface area contributed by atoms with Gasteiger partial charge in [0.1, 0.15) is 0 Å². The van der Waals surface area contributed by atoms with E-state index in [0.717, 1.165) is 25.2 Å². The van der Waals surface area contributed by atoms with Crippen LogP contribution in [0.3, 0.4) is 0 Å². The summed E-state index contributed by atoms with van der Waals surface area (Å²) in [5, 5.41) is 18.9.